The molecule has 1 atom stereocenters. The van der Waals surface area contributed by atoms with E-state index in [-0.39, 0.29) is 11.9 Å². The molecular weight excluding hydrogens is 448 g/mol. The van der Waals surface area contributed by atoms with E-state index < -0.39 is 11.2 Å². The Morgan fingerprint density at radius 3 is 2.67 bits per heavy atom. The molecule has 1 aliphatic heterocycles. The van der Waals surface area contributed by atoms with Gasteiger partial charge in [0.25, 0.3) is 0 Å². The zero-order chi connectivity index (χ0) is 21.3. The number of carbonyl (C=O) groups excluding carboxylic acids is 1. The molecule has 5 rings (SSSR count). The van der Waals surface area contributed by atoms with Crippen LogP contribution in [-0.4, -0.2) is 30.9 Å². The van der Waals surface area contributed by atoms with Gasteiger partial charge in [0.05, 0.1) is 12.2 Å². The first-order valence-corrected chi connectivity index (χ1v) is 10.8. The molecule has 6 heteroatoms. The monoisotopic (exact) mass is 470 g/mol. The first-order valence-electron chi connectivity index (χ1n) is 10.0. The fraction of sp³-hybridized carbons (Fsp3) is 0.375. The van der Waals surface area contributed by atoms with Crippen LogP contribution in [0.4, 0.5) is 0 Å². The minimum Gasteiger partial charge on any atom is -0.491 e. The predicted molar refractivity (Wildman–Crippen MR) is 116 cm³/mol. The summed E-state index contributed by atoms with van der Waals surface area (Å²) in [6, 6.07) is 11.4. The number of benzene rings is 2. The van der Waals surface area contributed by atoms with Gasteiger partial charge in [-0.2, -0.15) is 0 Å². The van der Waals surface area contributed by atoms with Crippen LogP contribution in [-0.2, 0) is 14.9 Å². The summed E-state index contributed by atoms with van der Waals surface area (Å²) < 4.78 is 24.5. The maximum atomic E-state index is 13.4. The molecule has 2 aliphatic rings. The maximum absolute atomic E-state index is 13.4. The molecule has 1 aromatic heterocycles. The highest BCUT2D eigenvalue weighted by atomic mass is 79.9. The number of hydrogen-bond acceptors (Lipinski definition) is 5. The van der Waals surface area contributed by atoms with Crippen LogP contribution in [0.25, 0.3) is 11.0 Å². The number of furan rings is 1. The zero-order valence-electron chi connectivity index (χ0n) is 17.4. The topological polar surface area (TPSA) is 57.9 Å². The van der Waals surface area contributed by atoms with Crippen molar-refractivity contribution in [1.82, 2.24) is 0 Å². The van der Waals surface area contributed by atoms with Gasteiger partial charge in [0, 0.05) is 20.8 Å². The molecule has 1 aliphatic carbocycles. The highest BCUT2D eigenvalue weighted by Gasteiger charge is 2.42. The van der Waals surface area contributed by atoms with Crippen LogP contribution in [0.5, 0.6) is 5.75 Å². The summed E-state index contributed by atoms with van der Waals surface area (Å²) in [7, 11) is 0. The second-order valence-electron chi connectivity index (χ2n) is 8.87. The standard InChI is InChI=1S/C24H23BrO5/c1-23(2)18-10-14(27-11-15-12-28-24(3,4)30-15)6-8-16(18)21(26)20-17-7-5-13(25)9-19(17)29-22(20)23/h5-10,15H,11-12H2,1-4H3/t15-/m0/s1. The molecule has 0 radical (unpaired) electrons. The normalized spacial score (nSPS) is 21.5. The van der Waals surface area contributed by atoms with Gasteiger partial charge >= 0.3 is 0 Å². The predicted octanol–water partition coefficient (Wildman–Crippen LogP) is 5.60. The van der Waals surface area contributed by atoms with Crippen molar-refractivity contribution in [1.29, 1.82) is 0 Å². The smallest absolute Gasteiger partial charge is 0.197 e. The van der Waals surface area contributed by atoms with E-state index in [4.69, 9.17) is 18.6 Å². The maximum Gasteiger partial charge on any atom is 0.197 e. The molecule has 0 amide bonds. The summed E-state index contributed by atoms with van der Waals surface area (Å²) in [5, 5.41) is 0.846. The third-order valence-electron chi connectivity index (χ3n) is 5.86. The lowest BCUT2D eigenvalue weighted by Gasteiger charge is -2.31. The average molecular weight is 471 g/mol. The molecule has 0 bridgehead atoms. The molecule has 2 aromatic carbocycles. The van der Waals surface area contributed by atoms with E-state index in [2.05, 4.69) is 29.8 Å². The third kappa shape index (κ3) is 3.09. The number of ether oxygens (including phenoxy) is 3. The number of carbonyl (C=O) groups is 1. The lowest BCUT2D eigenvalue weighted by atomic mass is 9.72. The first kappa shape index (κ1) is 19.8. The number of fused-ring (bicyclic) bond motifs is 4. The minimum absolute atomic E-state index is 0.0128. The second-order valence-corrected chi connectivity index (χ2v) is 9.79. The Kier molecular flexibility index (Phi) is 4.40. The highest BCUT2D eigenvalue weighted by Crippen LogP contribution is 2.46. The average Bonchev–Trinajstić information content (AvgIpc) is 3.24. The van der Waals surface area contributed by atoms with Crippen LogP contribution in [0.3, 0.4) is 0 Å². The van der Waals surface area contributed by atoms with Crippen LogP contribution in [0, 0.1) is 0 Å². The van der Waals surface area contributed by atoms with Gasteiger partial charge in [-0.05, 0) is 69.7 Å². The SMILES string of the molecule is CC1(C)OC[C@H](COc2ccc3c(c2)C(C)(C)c2oc4cc(Br)ccc4c2C3=O)O1. The molecule has 0 spiro atoms. The van der Waals surface area contributed by atoms with E-state index in [0.29, 0.717) is 41.4 Å². The first-order chi connectivity index (χ1) is 14.2. The summed E-state index contributed by atoms with van der Waals surface area (Å²) in [5.41, 5.74) is 2.48. The van der Waals surface area contributed by atoms with Crippen molar-refractivity contribution in [2.75, 3.05) is 13.2 Å². The Labute approximate surface area is 183 Å². The molecule has 2 heterocycles. The van der Waals surface area contributed by atoms with Gasteiger partial charge in [0.1, 0.15) is 29.8 Å². The van der Waals surface area contributed by atoms with Crippen molar-refractivity contribution in [3.63, 3.8) is 0 Å². The summed E-state index contributed by atoms with van der Waals surface area (Å²) in [4.78, 5) is 13.4. The Morgan fingerprint density at radius 2 is 1.93 bits per heavy atom. The van der Waals surface area contributed by atoms with Gasteiger partial charge in [0.2, 0.25) is 0 Å². The Balaban J connectivity index is 1.50. The molecule has 0 saturated carbocycles. The Morgan fingerprint density at radius 1 is 1.13 bits per heavy atom. The van der Waals surface area contributed by atoms with Gasteiger partial charge < -0.3 is 18.6 Å². The van der Waals surface area contributed by atoms with Crippen molar-refractivity contribution < 1.29 is 23.4 Å². The summed E-state index contributed by atoms with van der Waals surface area (Å²) >= 11 is 3.48. The number of ketones is 1. The molecule has 156 valence electrons. The third-order valence-corrected chi connectivity index (χ3v) is 6.35. The van der Waals surface area contributed by atoms with Crippen molar-refractivity contribution in [3.05, 3.63) is 63.3 Å². The van der Waals surface area contributed by atoms with Crippen LogP contribution < -0.4 is 4.74 Å². The van der Waals surface area contributed by atoms with Crippen molar-refractivity contribution in [3.8, 4) is 5.75 Å². The largest absolute Gasteiger partial charge is 0.491 e. The van der Waals surface area contributed by atoms with E-state index in [0.717, 1.165) is 15.4 Å². The number of rotatable bonds is 3. The lowest BCUT2D eigenvalue weighted by molar-refractivity contribution is -0.141. The highest BCUT2D eigenvalue weighted by molar-refractivity contribution is 9.10. The molecule has 1 saturated heterocycles. The Hall–Kier alpha value is -2.15. The van der Waals surface area contributed by atoms with E-state index in [9.17, 15) is 4.79 Å². The number of halogens is 1. The molecular formula is C24H23BrO5. The van der Waals surface area contributed by atoms with E-state index >= 15 is 0 Å². The molecule has 0 unspecified atom stereocenters. The second kappa shape index (κ2) is 6.67. The fourth-order valence-electron chi connectivity index (χ4n) is 4.36. The Bertz CT molecular complexity index is 1170. The zero-order valence-corrected chi connectivity index (χ0v) is 19.0. The molecule has 0 N–H and O–H groups in total. The van der Waals surface area contributed by atoms with E-state index in [1.807, 2.05) is 50.2 Å². The van der Waals surface area contributed by atoms with E-state index in [1.165, 1.54) is 0 Å². The van der Waals surface area contributed by atoms with E-state index in [1.54, 1.807) is 0 Å². The fourth-order valence-corrected chi connectivity index (χ4v) is 4.70. The van der Waals surface area contributed by atoms with Gasteiger partial charge in [-0.25, -0.2) is 0 Å². The van der Waals surface area contributed by atoms with Gasteiger partial charge in [0.15, 0.2) is 11.6 Å². The quantitative estimate of drug-likeness (QED) is 0.498. The van der Waals surface area contributed by atoms with Gasteiger partial charge in [-0.15, -0.1) is 0 Å². The van der Waals surface area contributed by atoms with Crippen molar-refractivity contribution in [2.45, 2.75) is 45.0 Å². The number of hydrogen-bond donors (Lipinski definition) is 0. The molecule has 3 aromatic rings. The van der Waals surface area contributed by atoms with Crippen molar-refractivity contribution >= 4 is 32.7 Å². The van der Waals surface area contributed by atoms with Gasteiger partial charge in [-0.3, -0.25) is 4.79 Å². The lowest BCUT2D eigenvalue weighted by Crippen LogP contribution is -2.29. The van der Waals surface area contributed by atoms with Crippen molar-refractivity contribution in [2.24, 2.45) is 0 Å². The van der Waals surface area contributed by atoms with Gasteiger partial charge in [-0.1, -0.05) is 15.9 Å². The van der Waals surface area contributed by atoms with Crippen LogP contribution >= 0.6 is 15.9 Å². The molecule has 30 heavy (non-hydrogen) atoms. The summed E-state index contributed by atoms with van der Waals surface area (Å²) in [6.45, 7) is 8.83. The summed E-state index contributed by atoms with van der Waals surface area (Å²) in [6.07, 6.45) is -0.119. The van der Waals surface area contributed by atoms with Crippen LogP contribution in [0.15, 0.2) is 45.3 Å². The molecule has 1 fully saturated rings. The van der Waals surface area contributed by atoms with Crippen LogP contribution in [0.1, 0.15) is 54.9 Å². The summed E-state index contributed by atoms with van der Waals surface area (Å²) in [5.74, 6) is 0.802. The van der Waals surface area contributed by atoms with Crippen LogP contribution in [0.2, 0.25) is 0 Å². The molecule has 5 nitrogen and oxygen atoms in total. The minimum atomic E-state index is -0.578.